The summed E-state index contributed by atoms with van der Waals surface area (Å²) in [5.41, 5.74) is 1.97. The van der Waals surface area contributed by atoms with Crippen molar-refractivity contribution in [3.8, 4) is 0 Å². The van der Waals surface area contributed by atoms with E-state index in [0.29, 0.717) is 0 Å². The maximum Gasteiger partial charge on any atom is 0.278 e. The summed E-state index contributed by atoms with van der Waals surface area (Å²) < 4.78 is 28.2. The van der Waals surface area contributed by atoms with Crippen LogP contribution in [0.5, 0.6) is 0 Å². The van der Waals surface area contributed by atoms with Gasteiger partial charge in [-0.2, -0.15) is 5.10 Å². The summed E-state index contributed by atoms with van der Waals surface area (Å²) in [6.07, 6.45) is 1.14. The number of halogens is 1. The number of nitrogens with one attached hydrogen (secondary N) is 2. The second kappa shape index (κ2) is 9.41. The Morgan fingerprint density at radius 1 is 0.906 bits per heavy atom. The molecule has 0 aromatic heterocycles. The first kappa shape index (κ1) is 22.7. The van der Waals surface area contributed by atoms with Crippen LogP contribution in [0.4, 0.5) is 22.7 Å². The molecule has 164 valence electrons. The fraction of sp³-hybridized carbons (Fsp3) is 0. The van der Waals surface area contributed by atoms with Crippen LogP contribution in [-0.2, 0) is 10.0 Å². The third kappa shape index (κ3) is 5.17. The fourth-order valence-corrected chi connectivity index (χ4v) is 4.11. The first-order valence-electron chi connectivity index (χ1n) is 8.77. The lowest BCUT2D eigenvalue weighted by Gasteiger charge is -2.12. The van der Waals surface area contributed by atoms with Gasteiger partial charge in [0.2, 0.25) is 0 Å². The molecule has 11 nitrogen and oxygen atoms in total. The van der Waals surface area contributed by atoms with E-state index < -0.39 is 30.5 Å². The minimum absolute atomic E-state index is 0.0787. The average molecular weight is 476 g/mol. The monoisotopic (exact) mass is 475 g/mol. The van der Waals surface area contributed by atoms with Crippen LogP contribution >= 0.6 is 11.6 Å². The van der Waals surface area contributed by atoms with Gasteiger partial charge < -0.3 is 0 Å². The highest BCUT2D eigenvalue weighted by molar-refractivity contribution is 7.93. The van der Waals surface area contributed by atoms with Crippen LogP contribution in [0.3, 0.4) is 0 Å². The number of sulfonamides is 1. The number of hydrogen-bond acceptors (Lipinski definition) is 8. The van der Waals surface area contributed by atoms with Gasteiger partial charge >= 0.3 is 0 Å². The van der Waals surface area contributed by atoms with Crippen LogP contribution < -0.4 is 10.1 Å². The number of nitro benzene ring substituents is 2. The summed E-state index contributed by atoms with van der Waals surface area (Å²) in [6, 6.07) is 15.0. The molecule has 0 aliphatic heterocycles. The van der Waals surface area contributed by atoms with Crippen molar-refractivity contribution >= 4 is 50.6 Å². The lowest BCUT2D eigenvalue weighted by atomic mass is 10.2. The smallest absolute Gasteiger partial charge is 0.278 e. The van der Waals surface area contributed by atoms with Gasteiger partial charge in [0.1, 0.15) is 4.90 Å². The maximum absolute atomic E-state index is 13.0. The molecule has 0 aliphatic carbocycles. The van der Waals surface area contributed by atoms with E-state index in [1.165, 1.54) is 30.3 Å². The van der Waals surface area contributed by atoms with Crippen molar-refractivity contribution in [2.75, 3.05) is 10.1 Å². The molecular formula is C19H14ClN5O6S. The molecule has 3 aromatic carbocycles. The van der Waals surface area contributed by atoms with Crippen molar-refractivity contribution in [1.82, 2.24) is 0 Å². The Labute approximate surface area is 186 Å². The van der Waals surface area contributed by atoms with E-state index in [4.69, 9.17) is 11.6 Å². The molecule has 0 unspecified atom stereocenters. The molecular weight excluding hydrogens is 462 g/mol. The topological polar surface area (TPSA) is 157 Å². The van der Waals surface area contributed by atoms with Crippen molar-refractivity contribution in [3.05, 3.63) is 97.5 Å². The molecule has 0 radical (unpaired) electrons. The van der Waals surface area contributed by atoms with Gasteiger partial charge in [0.05, 0.1) is 38.0 Å². The largest absolute Gasteiger partial charge is 0.278 e. The molecule has 0 atom stereocenters. The third-order valence-corrected chi connectivity index (χ3v) is 5.84. The highest BCUT2D eigenvalue weighted by atomic mass is 35.5. The second-order valence-corrected chi connectivity index (χ2v) is 8.27. The van der Waals surface area contributed by atoms with E-state index in [1.54, 1.807) is 18.2 Å². The van der Waals surface area contributed by atoms with Crippen molar-refractivity contribution in [2.45, 2.75) is 4.90 Å². The number of benzene rings is 3. The predicted octanol–water partition coefficient (Wildman–Crippen LogP) is 4.40. The molecule has 2 N–H and O–H groups in total. The normalized spacial score (nSPS) is 11.3. The van der Waals surface area contributed by atoms with E-state index in [-0.39, 0.29) is 27.6 Å². The number of para-hydroxylation sites is 2. The van der Waals surface area contributed by atoms with Crippen molar-refractivity contribution in [1.29, 1.82) is 0 Å². The summed E-state index contributed by atoms with van der Waals surface area (Å²) in [5.74, 6) is 0. The highest BCUT2D eigenvalue weighted by Gasteiger charge is 2.23. The van der Waals surface area contributed by atoms with E-state index in [0.717, 1.165) is 24.4 Å². The SMILES string of the molecule is O=[N+]([O-])c1ccc(N/N=C\c2ccccc2[N+](=O)[O-])c(S(=O)(=O)Nc2ccccc2Cl)c1. The molecule has 0 aliphatic rings. The van der Waals surface area contributed by atoms with Crippen LogP contribution in [0.15, 0.2) is 76.7 Å². The maximum atomic E-state index is 13.0. The summed E-state index contributed by atoms with van der Waals surface area (Å²) in [4.78, 5) is 20.5. The number of hydrazone groups is 1. The first-order valence-corrected chi connectivity index (χ1v) is 10.6. The van der Waals surface area contributed by atoms with Gasteiger partial charge in [0, 0.05) is 18.2 Å². The number of nitro groups is 2. The Morgan fingerprint density at radius 3 is 2.28 bits per heavy atom. The van der Waals surface area contributed by atoms with Gasteiger partial charge in [-0.25, -0.2) is 8.42 Å². The zero-order chi connectivity index (χ0) is 23.3. The Morgan fingerprint density at radius 2 is 1.59 bits per heavy atom. The van der Waals surface area contributed by atoms with Crippen LogP contribution in [0.2, 0.25) is 5.02 Å². The molecule has 0 saturated heterocycles. The Kier molecular flexibility index (Phi) is 6.66. The van der Waals surface area contributed by atoms with Gasteiger partial charge in [-0.3, -0.25) is 30.4 Å². The van der Waals surface area contributed by atoms with E-state index in [2.05, 4.69) is 15.2 Å². The first-order chi connectivity index (χ1) is 15.2. The second-order valence-electron chi connectivity index (χ2n) is 6.21. The van der Waals surface area contributed by atoms with Crippen molar-refractivity contribution in [3.63, 3.8) is 0 Å². The molecule has 32 heavy (non-hydrogen) atoms. The van der Waals surface area contributed by atoms with Crippen molar-refractivity contribution in [2.24, 2.45) is 5.10 Å². The van der Waals surface area contributed by atoms with E-state index >= 15 is 0 Å². The summed E-state index contributed by atoms with van der Waals surface area (Å²) in [7, 11) is -4.32. The predicted molar refractivity (Wildman–Crippen MR) is 120 cm³/mol. The van der Waals surface area contributed by atoms with Gasteiger partial charge in [-0.1, -0.05) is 35.9 Å². The summed E-state index contributed by atoms with van der Waals surface area (Å²) >= 11 is 6.00. The lowest BCUT2D eigenvalue weighted by Crippen LogP contribution is -2.15. The fourth-order valence-electron chi connectivity index (χ4n) is 2.62. The van der Waals surface area contributed by atoms with E-state index in [1.807, 2.05) is 0 Å². The quantitative estimate of drug-likeness (QED) is 0.277. The van der Waals surface area contributed by atoms with Gasteiger partial charge in [-0.15, -0.1) is 0 Å². The molecule has 3 rings (SSSR count). The zero-order valence-corrected chi connectivity index (χ0v) is 17.6. The molecule has 0 amide bonds. The molecule has 0 bridgehead atoms. The van der Waals surface area contributed by atoms with Crippen molar-refractivity contribution < 1.29 is 18.3 Å². The van der Waals surface area contributed by atoms with Gasteiger partial charge in [0.15, 0.2) is 0 Å². The minimum atomic E-state index is -4.32. The number of rotatable bonds is 8. The molecule has 0 heterocycles. The van der Waals surface area contributed by atoms with Crippen LogP contribution in [-0.4, -0.2) is 24.5 Å². The lowest BCUT2D eigenvalue weighted by molar-refractivity contribution is -0.385. The average Bonchev–Trinajstić information content (AvgIpc) is 2.75. The molecule has 3 aromatic rings. The zero-order valence-electron chi connectivity index (χ0n) is 16.0. The third-order valence-electron chi connectivity index (χ3n) is 4.11. The Bertz CT molecular complexity index is 1330. The minimum Gasteiger partial charge on any atom is -0.278 e. The van der Waals surface area contributed by atoms with E-state index in [9.17, 15) is 28.6 Å². The number of nitrogens with zero attached hydrogens (tertiary/aromatic N) is 3. The molecule has 0 fully saturated rings. The number of hydrogen-bond donors (Lipinski definition) is 2. The van der Waals surface area contributed by atoms with Crippen LogP contribution in [0.25, 0.3) is 0 Å². The Balaban J connectivity index is 1.98. The molecule has 0 spiro atoms. The van der Waals surface area contributed by atoms with Crippen LogP contribution in [0, 0.1) is 20.2 Å². The van der Waals surface area contributed by atoms with Gasteiger partial charge in [-0.05, 0) is 24.3 Å². The molecule has 0 saturated carbocycles. The standard InChI is InChI=1S/C19H14ClN5O6S/c20-15-6-2-3-7-16(15)23-32(30,31)19-11-14(24(26)27)9-10-17(19)22-21-12-13-5-1-4-8-18(13)25(28)29/h1-12,22-23H/b21-12-. The number of anilines is 2. The number of non-ortho nitro benzene ring substituents is 1. The summed E-state index contributed by atoms with van der Waals surface area (Å²) in [6.45, 7) is 0. The molecule has 13 heteroatoms. The highest BCUT2D eigenvalue weighted by Crippen LogP contribution is 2.30. The van der Waals surface area contributed by atoms with Crippen LogP contribution in [0.1, 0.15) is 5.56 Å². The Hall–Kier alpha value is -4.03. The van der Waals surface area contributed by atoms with Gasteiger partial charge in [0.25, 0.3) is 21.4 Å². The summed E-state index contributed by atoms with van der Waals surface area (Å²) in [5, 5.41) is 26.3.